The fourth-order valence-corrected chi connectivity index (χ4v) is 28.4. The largest absolute Gasteiger partial charge is 0.508 e. The fraction of sp³-hybridized carbons (Fsp3) is 0.674. The van der Waals surface area contributed by atoms with E-state index < -0.39 is 0 Å². The molecule has 770 valence electrons. The standard InChI is InChI=1S/C26H40O2.2C24H36O2.C23H30O2.C22H32O2.C10H14O/c1-6-17(2)20-7-9-23(10-8-20)27-24(16-26(3,4)5)28-25-21-12-18-11-19(14-21)15-22(25)13-18;1-5-17(4)21-6-8-22(9-7-21)26-23(25-16(2)3)24-13-18-10-19(14-24)12-20(11-18)15-24;1-5-16(4)19-6-8-22(9-7-19)25-24(15(2)3)26-23-20-11-17-10-18(13-20)14-21(23)12-17;1-3-18(2)20-13-15-22(16-14-20)25-23(21-11-7-8-12-21)24-17-19-9-5-4-6-10-19;1-4-14(2)18-5-7-21(8-6-18)23-15(3)24-22-19-10-16-9-17(12-19)13-20(22)11-16;1-3-8(2)9-4-6-10(11)7-5-9/h7-10,17-19,21-22,24-25H,6,11-16H2,1-5H3;6-9,16-20,23H,5,10-15H2,1-4H3;6-9,15-18,20-21,23-24H,5,10-14H2,1-4H3;4-6,9-10,13-16,18,21,23H,3,7-8,11-12,17H2,1-2H3;5-8,14-17,19-20,22H,4,9-13H2,1-3H3;4-8,11H,3H2,1-2H3. The van der Waals surface area contributed by atoms with Crippen LogP contribution >= 0.6 is 0 Å². The summed E-state index contributed by atoms with van der Waals surface area (Å²) in [5.74, 6) is 22.9. The van der Waals surface area contributed by atoms with E-state index in [1.165, 1.54) is 225 Å². The van der Waals surface area contributed by atoms with Gasteiger partial charge in [-0.3, -0.25) is 0 Å². The number of aromatic hydroxyl groups is 1. The topological polar surface area (TPSA) is 113 Å². The van der Waals surface area contributed by atoms with Crippen LogP contribution in [0.25, 0.3) is 0 Å². The van der Waals surface area contributed by atoms with Crippen LogP contribution in [0.1, 0.15) is 418 Å². The van der Waals surface area contributed by atoms with E-state index in [1.807, 2.05) is 18.2 Å². The Bertz CT molecular complexity index is 4620. The van der Waals surface area contributed by atoms with Crippen LogP contribution in [0.15, 0.2) is 176 Å². The monoisotopic (exact) mass is 1910 g/mol. The minimum absolute atomic E-state index is 0.0923. The molecule has 16 bridgehead atoms. The van der Waals surface area contributed by atoms with Crippen molar-refractivity contribution in [2.75, 3.05) is 0 Å². The Labute approximate surface area is 849 Å². The molecule has 11 atom stereocenters. The Morgan fingerprint density at radius 3 is 0.971 bits per heavy atom. The molecule has 0 radical (unpaired) electrons. The van der Waals surface area contributed by atoms with E-state index >= 15 is 0 Å². The van der Waals surface area contributed by atoms with Gasteiger partial charge in [-0.1, -0.05) is 234 Å². The third-order valence-electron chi connectivity index (χ3n) is 36.4. The summed E-state index contributed by atoms with van der Waals surface area (Å²) in [6.45, 7) is 45.2. The number of rotatable bonds is 37. The SMILES string of the molecule is CCC(C)c1ccc(O)cc1.CCC(C)c1ccc(OC(C)OC2C3CC4CC(C3)CC2C4)cc1.CCC(C)c1ccc(OC(CC(C)(C)C)OC2C3CC4CC(C3)CC2C4)cc1.CCC(C)c1ccc(OC(OC(C)C)C23CC4CC(CC(C4)C2)C3)cc1.CCC(C)c1ccc(OC(OC2C3CC4CC(C3)CC2C4)C(C)C)cc1.CCC(C)c1ccc(OC(OCc2ccccc2)C2CCCC2)cc1. The molecule has 24 rings (SSSR count). The molecular weight excluding hydrogens is 1730 g/mol. The van der Waals surface area contributed by atoms with Crippen molar-refractivity contribution in [3.8, 4) is 34.5 Å². The number of hydrogen-bond donors (Lipinski definition) is 1. The van der Waals surface area contributed by atoms with Crippen LogP contribution in [0, 0.1) is 111 Å². The Morgan fingerprint density at radius 2 is 0.636 bits per heavy atom. The number of phenols is 1. The van der Waals surface area contributed by atoms with Gasteiger partial charge in [0.25, 0.3) is 0 Å². The first-order chi connectivity index (χ1) is 67.4. The smallest absolute Gasteiger partial charge is 0.205 e. The highest BCUT2D eigenvalue weighted by molar-refractivity contribution is 5.35. The van der Waals surface area contributed by atoms with Gasteiger partial charge in [0.05, 0.1) is 31.0 Å². The maximum atomic E-state index is 9.01. The van der Waals surface area contributed by atoms with Gasteiger partial charge in [0, 0.05) is 23.7 Å². The first kappa shape index (κ1) is 107. The van der Waals surface area contributed by atoms with E-state index in [0.717, 1.165) is 137 Å². The lowest BCUT2D eigenvalue weighted by molar-refractivity contribution is -0.227. The van der Waals surface area contributed by atoms with Gasteiger partial charge in [-0.25, -0.2) is 0 Å². The second-order valence-corrected chi connectivity index (χ2v) is 49.4. The molecule has 11 heteroatoms. The maximum Gasteiger partial charge on any atom is 0.205 e. The molecule has 1 N–H and O–H groups in total. The van der Waals surface area contributed by atoms with E-state index in [1.54, 1.807) is 12.1 Å². The number of benzene rings is 7. The Balaban J connectivity index is 0.000000129. The van der Waals surface area contributed by atoms with Crippen LogP contribution in [-0.4, -0.2) is 61.0 Å². The second-order valence-electron chi connectivity index (χ2n) is 49.4. The van der Waals surface area contributed by atoms with E-state index in [9.17, 15) is 0 Å². The van der Waals surface area contributed by atoms with Crippen LogP contribution in [0.5, 0.6) is 34.5 Å². The molecule has 17 aliphatic rings. The van der Waals surface area contributed by atoms with Crippen molar-refractivity contribution >= 4 is 0 Å². The van der Waals surface area contributed by atoms with Gasteiger partial charge < -0.3 is 52.5 Å². The summed E-state index contributed by atoms with van der Waals surface area (Å²) >= 11 is 0. The van der Waals surface area contributed by atoms with Gasteiger partial charge in [-0.2, -0.15) is 0 Å². The zero-order valence-electron chi connectivity index (χ0n) is 90.6. The van der Waals surface area contributed by atoms with Crippen molar-refractivity contribution in [3.63, 3.8) is 0 Å². The average molecular weight is 1910 g/mol. The normalized spacial score (nSPS) is 30.1. The summed E-state index contributed by atoms with van der Waals surface area (Å²) in [5, 5.41) is 9.01. The highest BCUT2D eigenvalue weighted by atomic mass is 16.7. The van der Waals surface area contributed by atoms with Gasteiger partial charge >= 0.3 is 0 Å². The highest BCUT2D eigenvalue weighted by Crippen LogP contribution is 2.63. The minimum Gasteiger partial charge on any atom is -0.508 e. The van der Waals surface area contributed by atoms with Crippen molar-refractivity contribution in [1.82, 2.24) is 0 Å². The number of ether oxygens (including phenoxy) is 10. The van der Waals surface area contributed by atoms with Crippen molar-refractivity contribution < 1.29 is 52.5 Å². The molecule has 0 amide bonds. The predicted molar refractivity (Wildman–Crippen MR) is 575 cm³/mol. The van der Waals surface area contributed by atoms with Gasteiger partial charge in [0.2, 0.25) is 25.2 Å². The zero-order chi connectivity index (χ0) is 98.9. The first-order valence-electron chi connectivity index (χ1n) is 57.3. The molecule has 0 aromatic heterocycles. The summed E-state index contributed by atoms with van der Waals surface area (Å²) < 4.78 is 64.1. The molecule has 0 spiro atoms. The summed E-state index contributed by atoms with van der Waals surface area (Å²) in [7, 11) is 0. The third kappa shape index (κ3) is 29.3. The second kappa shape index (κ2) is 50.5. The van der Waals surface area contributed by atoms with E-state index in [-0.39, 0.29) is 48.4 Å². The van der Waals surface area contributed by atoms with Gasteiger partial charge in [-0.15, -0.1) is 0 Å². The van der Waals surface area contributed by atoms with Gasteiger partial charge in [0.15, 0.2) is 6.29 Å². The molecule has 7 aromatic carbocycles. The molecule has 11 unspecified atom stereocenters. The Kier molecular flexibility index (Phi) is 38.7. The minimum atomic E-state index is -0.155. The lowest BCUT2D eigenvalue weighted by Crippen LogP contribution is -2.54. The van der Waals surface area contributed by atoms with Gasteiger partial charge in [-0.05, 0) is 448 Å². The Morgan fingerprint density at radius 1 is 0.329 bits per heavy atom. The molecule has 17 saturated carbocycles. The molecule has 0 heterocycles. The maximum absolute atomic E-state index is 9.01. The molecule has 11 nitrogen and oxygen atoms in total. The predicted octanol–water partition coefficient (Wildman–Crippen LogP) is 35.1. The summed E-state index contributed by atoms with van der Waals surface area (Å²) in [6, 6.07) is 61.1. The highest BCUT2D eigenvalue weighted by Gasteiger charge is 2.57. The third-order valence-corrected chi connectivity index (χ3v) is 36.4. The van der Waals surface area contributed by atoms with Crippen LogP contribution in [0.3, 0.4) is 0 Å². The van der Waals surface area contributed by atoms with Crippen molar-refractivity contribution in [2.45, 2.75) is 442 Å². The van der Waals surface area contributed by atoms with Crippen LogP contribution in [0.4, 0.5) is 0 Å². The quantitative estimate of drug-likeness (QED) is 0.0376. The van der Waals surface area contributed by atoms with Gasteiger partial charge in [0.1, 0.15) is 34.5 Å². The molecule has 0 saturated heterocycles. The van der Waals surface area contributed by atoms with Crippen molar-refractivity contribution in [1.29, 1.82) is 0 Å². The lowest BCUT2D eigenvalue weighted by Gasteiger charge is -2.58. The van der Waals surface area contributed by atoms with E-state index in [0.29, 0.717) is 78.0 Å². The molecule has 0 aliphatic heterocycles. The summed E-state index contributed by atoms with van der Waals surface area (Å²) in [6.07, 6.45) is 43.2. The lowest BCUT2D eigenvalue weighted by atomic mass is 9.49. The van der Waals surface area contributed by atoms with Crippen LogP contribution in [-0.2, 0) is 30.3 Å². The zero-order valence-corrected chi connectivity index (χ0v) is 90.6. The number of hydrogen-bond acceptors (Lipinski definition) is 11. The van der Waals surface area contributed by atoms with E-state index in [2.05, 4.69) is 284 Å². The average Bonchev–Trinajstić information content (AvgIpc) is 0.802. The molecule has 17 fully saturated rings. The molecule has 17 aliphatic carbocycles. The fourth-order valence-electron chi connectivity index (χ4n) is 28.4. The van der Waals surface area contributed by atoms with Crippen molar-refractivity contribution in [3.05, 3.63) is 215 Å². The molecular formula is C129H188O11. The molecule has 140 heavy (non-hydrogen) atoms. The number of phenolic OH excluding ortho intramolecular Hbond substituents is 1. The summed E-state index contributed by atoms with van der Waals surface area (Å²) in [4.78, 5) is 0. The van der Waals surface area contributed by atoms with Crippen molar-refractivity contribution in [2.24, 2.45) is 111 Å². The van der Waals surface area contributed by atoms with Crippen LogP contribution in [0.2, 0.25) is 0 Å². The first-order valence-corrected chi connectivity index (χ1v) is 57.3. The summed E-state index contributed by atoms with van der Waals surface area (Å²) in [5.41, 5.74) is 9.87. The molecule has 7 aromatic rings. The Hall–Kier alpha value is -6.86. The van der Waals surface area contributed by atoms with E-state index in [4.69, 9.17) is 52.5 Å². The van der Waals surface area contributed by atoms with Crippen LogP contribution < -0.4 is 23.7 Å².